The van der Waals surface area contributed by atoms with Gasteiger partial charge in [-0.2, -0.15) is 31.4 Å². The van der Waals surface area contributed by atoms with Crippen LogP contribution >= 0.6 is 0 Å². The van der Waals surface area contributed by atoms with E-state index in [1.54, 1.807) is 6.92 Å². The number of hydrogen-bond donors (Lipinski definition) is 0. The molecule has 0 amide bonds. The van der Waals surface area contributed by atoms with E-state index in [1.807, 2.05) is 0 Å². The van der Waals surface area contributed by atoms with E-state index in [-0.39, 0.29) is 11.8 Å². The molecule has 0 bridgehead atoms. The third-order valence-electron chi connectivity index (χ3n) is 3.14. The zero-order chi connectivity index (χ0) is 17.0. The number of aromatic nitrogens is 3. The first kappa shape index (κ1) is 15.4. The highest BCUT2D eigenvalue weighted by atomic mass is 19.4. The van der Waals surface area contributed by atoms with Gasteiger partial charge in [0.1, 0.15) is 11.5 Å². The van der Waals surface area contributed by atoms with Crippen LogP contribution in [0.5, 0.6) is 0 Å². The van der Waals surface area contributed by atoms with Gasteiger partial charge >= 0.3 is 12.4 Å². The smallest absolute Gasteiger partial charge is 0.433 e. The molecule has 3 aromatic rings. The summed E-state index contributed by atoms with van der Waals surface area (Å²) in [6.45, 7) is 1.55. The molecule has 0 unspecified atom stereocenters. The predicted octanol–water partition coefficient (Wildman–Crippen LogP) is 4.34. The van der Waals surface area contributed by atoms with Gasteiger partial charge in [0.15, 0.2) is 11.3 Å². The highest BCUT2D eigenvalue weighted by Crippen LogP contribution is 2.35. The summed E-state index contributed by atoms with van der Waals surface area (Å²) in [6, 6.07) is 2.43. The van der Waals surface area contributed by atoms with Crippen molar-refractivity contribution in [2.45, 2.75) is 19.3 Å². The van der Waals surface area contributed by atoms with Gasteiger partial charge in [-0.1, -0.05) is 0 Å². The van der Waals surface area contributed by atoms with Gasteiger partial charge in [0.25, 0.3) is 0 Å². The molecule has 0 aliphatic rings. The molecule has 0 saturated heterocycles. The summed E-state index contributed by atoms with van der Waals surface area (Å²) >= 11 is 0. The quantitative estimate of drug-likeness (QED) is 0.622. The van der Waals surface area contributed by atoms with Gasteiger partial charge in [0.05, 0.1) is 12.0 Å². The summed E-state index contributed by atoms with van der Waals surface area (Å²) in [5, 5.41) is 3.71. The minimum atomic E-state index is -5.02. The summed E-state index contributed by atoms with van der Waals surface area (Å²) in [4.78, 5) is 3.23. The van der Waals surface area contributed by atoms with Gasteiger partial charge in [-0.3, -0.25) is 0 Å². The molecule has 0 fully saturated rings. The average Bonchev–Trinajstić information content (AvgIpc) is 3.00. The second kappa shape index (κ2) is 4.74. The summed E-state index contributed by atoms with van der Waals surface area (Å²) in [6.07, 6.45) is -8.72. The third-order valence-corrected chi connectivity index (χ3v) is 3.14. The number of alkyl halides is 6. The molecule has 122 valence electrons. The van der Waals surface area contributed by atoms with Crippen LogP contribution in [0.25, 0.3) is 16.9 Å². The number of fused-ring (bicyclic) bond motifs is 1. The van der Waals surface area contributed by atoms with E-state index in [4.69, 9.17) is 4.42 Å². The molecule has 0 radical (unpaired) electrons. The van der Waals surface area contributed by atoms with Crippen molar-refractivity contribution in [3.63, 3.8) is 0 Å². The maximum Gasteiger partial charge on any atom is 0.433 e. The molecule has 0 N–H and O–H groups in total. The predicted molar refractivity (Wildman–Crippen MR) is 65.4 cm³/mol. The molecule has 3 aromatic heterocycles. The fourth-order valence-electron chi connectivity index (χ4n) is 2.10. The number of aryl methyl sites for hydroxylation is 1. The van der Waals surface area contributed by atoms with Crippen LogP contribution < -0.4 is 0 Å². The number of rotatable bonds is 1. The topological polar surface area (TPSA) is 43.3 Å². The minimum Gasteiger partial charge on any atom is -0.469 e. The summed E-state index contributed by atoms with van der Waals surface area (Å²) in [5.41, 5.74) is -3.33. The van der Waals surface area contributed by atoms with Crippen LogP contribution in [-0.2, 0) is 12.4 Å². The second-order valence-corrected chi connectivity index (χ2v) is 4.71. The molecule has 0 aliphatic heterocycles. The summed E-state index contributed by atoms with van der Waals surface area (Å²) < 4.78 is 82.8. The Morgan fingerprint density at radius 1 is 1.04 bits per heavy atom. The highest BCUT2D eigenvalue weighted by Gasteiger charge is 2.40. The zero-order valence-electron chi connectivity index (χ0n) is 11.3. The van der Waals surface area contributed by atoms with Gasteiger partial charge in [0.2, 0.25) is 0 Å². The van der Waals surface area contributed by atoms with Crippen LogP contribution in [0.3, 0.4) is 0 Å². The van der Waals surface area contributed by atoms with Gasteiger partial charge in [0, 0.05) is 11.6 Å². The Morgan fingerprint density at radius 2 is 1.74 bits per heavy atom. The lowest BCUT2D eigenvalue weighted by atomic mass is 10.2. The van der Waals surface area contributed by atoms with Crippen LogP contribution in [0.15, 0.2) is 28.9 Å². The van der Waals surface area contributed by atoms with Crippen LogP contribution in [0.2, 0.25) is 0 Å². The largest absolute Gasteiger partial charge is 0.469 e. The van der Waals surface area contributed by atoms with E-state index >= 15 is 0 Å². The third kappa shape index (κ3) is 2.64. The fourth-order valence-corrected chi connectivity index (χ4v) is 2.10. The second-order valence-electron chi connectivity index (χ2n) is 4.71. The van der Waals surface area contributed by atoms with Crippen molar-refractivity contribution in [2.24, 2.45) is 0 Å². The Kier molecular flexibility index (Phi) is 3.17. The Hall–Kier alpha value is -2.52. The minimum absolute atomic E-state index is 0.0357. The lowest BCUT2D eigenvalue weighted by molar-refractivity contribution is -0.148. The van der Waals surface area contributed by atoms with Crippen molar-refractivity contribution >= 4 is 5.65 Å². The first-order chi connectivity index (χ1) is 10.6. The van der Waals surface area contributed by atoms with Crippen LogP contribution in [0.4, 0.5) is 26.3 Å². The number of hydrogen-bond acceptors (Lipinski definition) is 3. The lowest BCUT2D eigenvalue weighted by Gasteiger charge is -2.12. The van der Waals surface area contributed by atoms with Crippen molar-refractivity contribution in [1.29, 1.82) is 0 Å². The summed E-state index contributed by atoms with van der Waals surface area (Å²) in [7, 11) is 0. The van der Waals surface area contributed by atoms with Gasteiger partial charge in [-0.05, 0) is 19.1 Å². The van der Waals surface area contributed by atoms with Crippen molar-refractivity contribution < 1.29 is 30.8 Å². The maximum atomic E-state index is 13.0. The monoisotopic (exact) mass is 335 g/mol. The number of halogens is 6. The first-order valence-electron chi connectivity index (χ1n) is 6.17. The van der Waals surface area contributed by atoms with Gasteiger partial charge in [-0.25, -0.2) is 9.50 Å². The first-order valence-corrected chi connectivity index (χ1v) is 6.17. The fraction of sp³-hybridized carbons (Fsp3) is 0.231. The maximum absolute atomic E-state index is 13.0. The van der Waals surface area contributed by atoms with Gasteiger partial charge < -0.3 is 4.42 Å². The van der Waals surface area contributed by atoms with E-state index in [1.165, 1.54) is 12.3 Å². The Bertz CT molecular complexity index is 874. The molecule has 0 saturated carbocycles. The lowest BCUT2D eigenvalue weighted by Crippen LogP contribution is -2.17. The van der Waals surface area contributed by atoms with Crippen LogP contribution in [0.1, 0.15) is 17.1 Å². The van der Waals surface area contributed by atoms with E-state index in [0.29, 0.717) is 15.8 Å². The molecule has 3 rings (SSSR count). The summed E-state index contributed by atoms with van der Waals surface area (Å²) in [5.74, 6) is 0.373. The molecule has 0 aromatic carbocycles. The Labute approximate surface area is 124 Å². The van der Waals surface area contributed by atoms with E-state index < -0.39 is 29.4 Å². The molecule has 10 heteroatoms. The van der Waals surface area contributed by atoms with E-state index in [2.05, 4.69) is 10.1 Å². The number of nitrogens with zero attached hydrogens (tertiary/aromatic N) is 3. The van der Waals surface area contributed by atoms with Gasteiger partial charge in [-0.15, -0.1) is 0 Å². The van der Waals surface area contributed by atoms with Crippen molar-refractivity contribution in [3.05, 3.63) is 41.6 Å². The molecular formula is C13H7F6N3O. The van der Waals surface area contributed by atoms with Crippen LogP contribution in [0, 0.1) is 6.92 Å². The molecular weight excluding hydrogens is 328 g/mol. The van der Waals surface area contributed by atoms with Crippen molar-refractivity contribution in [3.8, 4) is 11.3 Å². The van der Waals surface area contributed by atoms with Crippen molar-refractivity contribution in [1.82, 2.24) is 14.6 Å². The molecule has 0 aliphatic carbocycles. The number of furan rings is 1. The zero-order valence-corrected chi connectivity index (χ0v) is 11.3. The molecule has 4 nitrogen and oxygen atoms in total. The normalized spacial score (nSPS) is 13.0. The standard InChI is InChI=1S/C13H7F6N3O/c1-6-7(2-3-23-6)8-4-11-20-9(12(14,15)16)5-10(13(17,18)19)22(11)21-8/h2-5H,1H3. The van der Waals surface area contributed by atoms with Crippen LogP contribution in [-0.4, -0.2) is 14.6 Å². The highest BCUT2D eigenvalue weighted by molar-refractivity contribution is 5.65. The van der Waals surface area contributed by atoms with E-state index in [9.17, 15) is 26.3 Å². The Balaban J connectivity index is 2.30. The molecule has 0 atom stereocenters. The van der Waals surface area contributed by atoms with Crippen molar-refractivity contribution in [2.75, 3.05) is 0 Å². The van der Waals surface area contributed by atoms with E-state index in [0.717, 1.165) is 6.07 Å². The molecule has 3 heterocycles. The average molecular weight is 335 g/mol. The molecule has 0 spiro atoms. The SMILES string of the molecule is Cc1occc1-c1cc2nc(C(F)(F)F)cc(C(F)(F)F)n2n1. The molecule has 23 heavy (non-hydrogen) atoms. The Morgan fingerprint density at radius 3 is 2.26 bits per heavy atom.